The van der Waals surface area contributed by atoms with Gasteiger partial charge in [-0.1, -0.05) is 38.1 Å². The number of aromatic hydroxyl groups is 1. The van der Waals surface area contributed by atoms with E-state index in [1.807, 2.05) is 26.0 Å². The maximum absolute atomic E-state index is 14.4. The number of nitrogens with zero attached hydrogens (tertiary/aromatic N) is 1. The van der Waals surface area contributed by atoms with Gasteiger partial charge < -0.3 is 31.1 Å². The molecule has 0 fully saturated rings. The molecule has 3 unspecified atom stereocenters. The monoisotopic (exact) mass is 582 g/mol. The Hall–Kier alpha value is -4.08. The maximum Gasteiger partial charge on any atom is 0.408 e. The molecule has 230 valence electrons. The van der Waals surface area contributed by atoms with Gasteiger partial charge in [0.15, 0.2) is 0 Å². The van der Waals surface area contributed by atoms with Crippen LogP contribution in [0, 0.1) is 19.8 Å². The van der Waals surface area contributed by atoms with E-state index in [2.05, 4.69) is 24.5 Å². The second kappa shape index (κ2) is 14.7. The quantitative estimate of drug-likeness (QED) is 0.273. The van der Waals surface area contributed by atoms with Crippen LogP contribution in [0.4, 0.5) is 10.5 Å². The number of ether oxygens (including phenoxy) is 1. The molecule has 0 aliphatic carbocycles. The Kier molecular flexibility index (Phi) is 11.9. The third-order valence-electron chi connectivity index (χ3n) is 6.75. The highest BCUT2D eigenvalue weighted by Gasteiger charge is 2.39. The van der Waals surface area contributed by atoms with E-state index in [-0.39, 0.29) is 5.75 Å². The number of hydrogen-bond donors (Lipinski definition) is 4. The van der Waals surface area contributed by atoms with Crippen LogP contribution in [-0.2, 0) is 19.1 Å². The summed E-state index contributed by atoms with van der Waals surface area (Å²) in [6.07, 6.45) is -0.0827. The van der Waals surface area contributed by atoms with E-state index in [9.17, 15) is 24.3 Å². The van der Waals surface area contributed by atoms with Crippen LogP contribution in [-0.4, -0.2) is 51.5 Å². The lowest BCUT2D eigenvalue weighted by molar-refractivity contribution is -0.144. The van der Waals surface area contributed by atoms with E-state index in [4.69, 9.17) is 10.5 Å². The molecular formula is C32H46N4O6. The standard InChI is InChI=1S/C32H46N4O6/c1-19(2)13-14-22(5)36(30(40)25(18-27(33)38)35-31(41)42-32(6,7)8)28(23-15-16-26(37)21(4)17-23)29(39)34-24-12-10-9-11-20(24)3/h9-12,15-17,19,22,25,28,37H,13-14,18H2,1-8H3,(H2,33,38)(H,34,39)(H,35,41). The van der Waals surface area contributed by atoms with Crippen LogP contribution in [0.15, 0.2) is 42.5 Å². The van der Waals surface area contributed by atoms with Gasteiger partial charge in [-0.15, -0.1) is 0 Å². The van der Waals surface area contributed by atoms with Crippen molar-refractivity contribution in [3.63, 3.8) is 0 Å². The van der Waals surface area contributed by atoms with Gasteiger partial charge in [0.2, 0.25) is 11.8 Å². The third-order valence-corrected chi connectivity index (χ3v) is 6.75. The van der Waals surface area contributed by atoms with E-state index in [1.54, 1.807) is 52.0 Å². The van der Waals surface area contributed by atoms with Crippen molar-refractivity contribution in [2.24, 2.45) is 11.7 Å². The summed E-state index contributed by atoms with van der Waals surface area (Å²) >= 11 is 0. The summed E-state index contributed by atoms with van der Waals surface area (Å²) in [6, 6.07) is 8.94. The van der Waals surface area contributed by atoms with Crippen LogP contribution in [0.25, 0.3) is 0 Å². The van der Waals surface area contributed by atoms with Gasteiger partial charge in [0.25, 0.3) is 5.91 Å². The number of anilines is 1. The number of aryl methyl sites for hydroxylation is 2. The molecule has 0 saturated carbocycles. The molecule has 10 nitrogen and oxygen atoms in total. The first-order valence-corrected chi connectivity index (χ1v) is 14.3. The summed E-state index contributed by atoms with van der Waals surface area (Å²) in [5, 5.41) is 15.7. The lowest BCUT2D eigenvalue weighted by Crippen LogP contribution is -2.55. The zero-order chi connectivity index (χ0) is 31.8. The number of hydrogen-bond acceptors (Lipinski definition) is 6. The summed E-state index contributed by atoms with van der Waals surface area (Å²) in [5.74, 6) is -1.59. The number of carbonyl (C=O) groups excluding carboxylic acids is 4. The average Bonchev–Trinajstić information content (AvgIpc) is 2.86. The van der Waals surface area contributed by atoms with Crippen LogP contribution in [0.3, 0.4) is 0 Å². The molecule has 4 amide bonds. The van der Waals surface area contributed by atoms with Gasteiger partial charge in [0.1, 0.15) is 23.4 Å². The van der Waals surface area contributed by atoms with Crippen LogP contribution >= 0.6 is 0 Å². The number of phenols is 1. The summed E-state index contributed by atoms with van der Waals surface area (Å²) in [4.78, 5) is 54.7. The van der Waals surface area contributed by atoms with E-state index in [0.717, 1.165) is 12.0 Å². The Morgan fingerprint density at radius 2 is 1.62 bits per heavy atom. The number of rotatable bonds is 12. The molecular weight excluding hydrogens is 536 g/mol. The fourth-order valence-electron chi connectivity index (χ4n) is 4.54. The van der Waals surface area contributed by atoms with Crippen molar-refractivity contribution in [2.75, 3.05) is 5.32 Å². The molecule has 0 heterocycles. The molecule has 10 heteroatoms. The minimum Gasteiger partial charge on any atom is -0.508 e. The largest absolute Gasteiger partial charge is 0.508 e. The van der Waals surface area contributed by atoms with E-state index < -0.39 is 54.0 Å². The Bertz CT molecular complexity index is 1270. The molecule has 0 aliphatic rings. The zero-order valence-electron chi connectivity index (χ0n) is 26.0. The molecule has 0 radical (unpaired) electrons. The minimum atomic E-state index is -1.38. The second-order valence-corrected chi connectivity index (χ2v) is 12.2. The van der Waals surface area contributed by atoms with Gasteiger partial charge in [-0.05, 0) is 95.2 Å². The summed E-state index contributed by atoms with van der Waals surface area (Å²) in [7, 11) is 0. The SMILES string of the molecule is Cc1cc(C(C(=O)Nc2ccccc2C)N(C(=O)C(CC(N)=O)NC(=O)OC(C)(C)C)C(C)CCC(C)C)ccc1O. The van der Waals surface area contributed by atoms with Gasteiger partial charge in [-0.3, -0.25) is 14.4 Å². The van der Waals surface area contributed by atoms with E-state index in [1.165, 1.54) is 11.0 Å². The Morgan fingerprint density at radius 1 is 0.976 bits per heavy atom. The molecule has 0 saturated heterocycles. The summed E-state index contributed by atoms with van der Waals surface area (Å²) in [6.45, 7) is 14.5. The van der Waals surface area contributed by atoms with Crippen molar-refractivity contribution >= 4 is 29.5 Å². The second-order valence-electron chi connectivity index (χ2n) is 12.2. The van der Waals surface area contributed by atoms with E-state index in [0.29, 0.717) is 29.2 Å². The molecule has 2 aromatic carbocycles. The van der Waals surface area contributed by atoms with Crippen LogP contribution in [0.1, 0.15) is 83.5 Å². The van der Waals surface area contributed by atoms with Crippen LogP contribution in [0.2, 0.25) is 0 Å². The number of benzene rings is 2. The van der Waals surface area contributed by atoms with Gasteiger partial charge in [0, 0.05) is 11.7 Å². The van der Waals surface area contributed by atoms with Crippen LogP contribution < -0.4 is 16.4 Å². The van der Waals surface area contributed by atoms with Gasteiger partial charge in [-0.2, -0.15) is 0 Å². The molecule has 2 aromatic rings. The first kappa shape index (κ1) is 34.1. The number of nitrogens with one attached hydrogen (secondary N) is 2. The maximum atomic E-state index is 14.4. The highest BCUT2D eigenvalue weighted by molar-refractivity contribution is 6.00. The van der Waals surface area contributed by atoms with Crippen molar-refractivity contribution < 1.29 is 29.0 Å². The van der Waals surface area contributed by atoms with Crippen LogP contribution in [0.5, 0.6) is 5.75 Å². The van der Waals surface area contributed by atoms with Gasteiger partial charge in [-0.25, -0.2) is 4.79 Å². The predicted molar refractivity (Wildman–Crippen MR) is 163 cm³/mol. The highest BCUT2D eigenvalue weighted by atomic mass is 16.6. The molecule has 5 N–H and O–H groups in total. The lowest BCUT2D eigenvalue weighted by atomic mass is 9.95. The minimum absolute atomic E-state index is 0.0424. The van der Waals surface area contributed by atoms with Gasteiger partial charge >= 0.3 is 6.09 Å². The molecule has 2 rings (SSSR count). The normalized spacial score (nSPS) is 13.5. The van der Waals surface area contributed by atoms with Gasteiger partial charge in [0.05, 0.1) is 6.42 Å². The lowest BCUT2D eigenvalue weighted by Gasteiger charge is -2.39. The highest BCUT2D eigenvalue weighted by Crippen LogP contribution is 2.31. The summed E-state index contributed by atoms with van der Waals surface area (Å²) < 4.78 is 5.35. The van der Waals surface area contributed by atoms with E-state index >= 15 is 0 Å². The molecule has 0 aliphatic heterocycles. The Balaban J connectivity index is 2.68. The zero-order valence-corrected chi connectivity index (χ0v) is 26.0. The average molecular weight is 583 g/mol. The number of phenolic OH excluding ortho intramolecular Hbond substituents is 1. The first-order chi connectivity index (χ1) is 19.5. The number of para-hydroxylation sites is 1. The Labute approximate surface area is 249 Å². The Morgan fingerprint density at radius 3 is 2.17 bits per heavy atom. The number of alkyl carbamates (subject to hydrolysis) is 1. The number of primary amides is 1. The first-order valence-electron chi connectivity index (χ1n) is 14.3. The number of amides is 4. The summed E-state index contributed by atoms with van der Waals surface area (Å²) in [5.41, 5.74) is 7.03. The topological polar surface area (TPSA) is 151 Å². The predicted octanol–water partition coefficient (Wildman–Crippen LogP) is 5.11. The molecule has 0 aromatic heterocycles. The fourth-order valence-corrected chi connectivity index (χ4v) is 4.54. The van der Waals surface area contributed by atoms with Crippen molar-refractivity contribution in [1.29, 1.82) is 0 Å². The number of carbonyl (C=O) groups is 4. The molecule has 3 atom stereocenters. The molecule has 0 spiro atoms. The van der Waals surface area contributed by atoms with Crippen molar-refractivity contribution in [2.45, 2.75) is 98.4 Å². The fraction of sp³-hybridized carbons (Fsp3) is 0.500. The van der Waals surface area contributed by atoms with Crippen molar-refractivity contribution in [3.05, 3.63) is 59.2 Å². The smallest absolute Gasteiger partial charge is 0.408 e. The number of nitrogens with two attached hydrogens (primary N) is 1. The van der Waals surface area contributed by atoms with Crippen molar-refractivity contribution in [1.82, 2.24) is 10.2 Å². The third kappa shape index (κ3) is 10.1. The van der Waals surface area contributed by atoms with Crippen molar-refractivity contribution in [3.8, 4) is 5.75 Å². The molecule has 42 heavy (non-hydrogen) atoms. The molecule has 0 bridgehead atoms.